The summed E-state index contributed by atoms with van der Waals surface area (Å²) in [7, 11) is 3.28. The van der Waals surface area contributed by atoms with Crippen LogP contribution in [0.2, 0.25) is 0 Å². The van der Waals surface area contributed by atoms with E-state index in [0.29, 0.717) is 12.3 Å². The molecule has 2 aromatic carbocycles. The Labute approximate surface area is 171 Å². The molecule has 0 fully saturated rings. The summed E-state index contributed by atoms with van der Waals surface area (Å²) >= 11 is 0. The number of methoxy groups -OCH3 is 1. The first-order valence-electron chi connectivity index (χ1n) is 9.76. The molecule has 0 radical (unpaired) electrons. The van der Waals surface area contributed by atoms with E-state index in [9.17, 15) is 4.79 Å². The molecular weight excluding hydrogens is 368 g/mol. The van der Waals surface area contributed by atoms with Crippen molar-refractivity contribution in [2.24, 2.45) is 0 Å². The quantitative estimate of drug-likeness (QED) is 0.549. The Morgan fingerprint density at radius 1 is 1.14 bits per heavy atom. The van der Waals surface area contributed by atoms with Gasteiger partial charge in [-0.25, -0.2) is 0 Å². The number of nitrogens with one attached hydrogen (secondary N) is 2. The number of hydrogen-bond acceptors (Lipinski definition) is 5. The number of para-hydroxylation sites is 1. The Bertz CT molecular complexity index is 887. The van der Waals surface area contributed by atoms with Gasteiger partial charge in [-0.2, -0.15) is 0 Å². The monoisotopic (exact) mass is 396 g/mol. The molecule has 154 valence electrons. The second-order valence-corrected chi connectivity index (χ2v) is 7.03. The highest BCUT2D eigenvalue weighted by molar-refractivity contribution is 5.78. The van der Waals surface area contributed by atoms with E-state index in [2.05, 4.69) is 17.6 Å². The summed E-state index contributed by atoms with van der Waals surface area (Å²) in [5.41, 5.74) is 2.06. The van der Waals surface area contributed by atoms with Crippen LogP contribution in [-0.4, -0.2) is 39.3 Å². The number of likely N-dealkylation sites (N-methyl/N-ethyl adjacent to an activating group) is 1. The number of benzene rings is 2. The van der Waals surface area contributed by atoms with Crippen LogP contribution in [0.3, 0.4) is 0 Å². The Morgan fingerprint density at radius 3 is 2.59 bits per heavy atom. The molecule has 29 heavy (non-hydrogen) atoms. The minimum atomic E-state index is -0.149. The molecule has 2 N–H and O–H groups in total. The molecule has 0 spiro atoms. The summed E-state index contributed by atoms with van der Waals surface area (Å²) in [6.07, 6.45) is 0.720. The van der Waals surface area contributed by atoms with Gasteiger partial charge in [0, 0.05) is 32.1 Å². The lowest BCUT2D eigenvalue weighted by Gasteiger charge is -2.18. The fourth-order valence-electron chi connectivity index (χ4n) is 3.14. The molecule has 0 bridgehead atoms. The SMILES string of the molecule is CNC(=O)COc1ccc(CC(C)NCC(OC)c2cc3ccccc3o2)cc1. The first-order valence-corrected chi connectivity index (χ1v) is 9.76. The zero-order valence-corrected chi connectivity index (χ0v) is 17.1. The van der Waals surface area contributed by atoms with Gasteiger partial charge in [-0.05, 0) is 43.2 Å². The first kappa shape index (κ1) is 20.9. The maximum Gasteiger partial charge on any atom is 0.257 e. The van der Waals surface area contributed by atoms with Gasteiger partial charge >= 0.3 is 0 Å². The smallest absolute Gasteiger partial charge is 0.257 e. The zero-order valence-electron chi connectivity index (χ0n) is 17.1. The van der Waals surface area contributed by atoms with Gasteiger partial charge in [0.25, 0.3) is 5.91 Å². The molecule has 0 saturated heterocycles. The highest BCUT2D eigenvalue weighted by Crippen LogP contribution is 2.25. The van der Waals surface area contributed by atoms with Crippen LogP contribution in [-0.2, 0) is 16.0 Å². The third-order valence-corrected chi connectivity index (χ3v) is 4.81. The number of carbonyl (C=O) groups excluding carboxylic acids is 1. The normalized spacial score (nSPS) is 13.2. The molecule has 2 atom stereocenters. The van der Waals surface area contributed by atoms with Gasteiger partial charge in [0.1, 0.15) is 23.2 Å². The number of rotatable bonds is 10. The summed E-state index contributed by atoms with van der Waals surface area (Å²) in [5, 5.41) is 7.13. The van der Waals surface area contributed by atoms with Crippen LogP contribution >= 0.6 is 0 Å². The highest BCUT2D eigenvalue weighted by Gasteiger charge is 2.17. The van der Waals surface area contributed by atoms with Crippen LogP contribution in [0.4, 0.5) is 0 Å². The highest BCUT2D eigenvalue weighted by atomic mass is 16.5. The molecule has 2 unspecified atom stereocenters. The van der Waals surface area contributed by atoms with E-state index in [-0.39, 0.29) is 24.7 Å². The Hall–Kier alpha value is -2.83. The number of fused-ring (bicyclic) bond motifs is 1. The van der Waals surface area contributed by atoms with Crippen molar-refractivity contribution in [2.75, 3.05) is 27.3 Å². The van der Waals surface area contributed by atoms with Crippen LogP contribution in [0.25, 0.3) is 11.0 Å². The summed E-state index contributed by atoms with van der Waals surface area (Å²) in [6.45, 7) is 2.82. The largest absolute Gasteiger partial charge is 0.484 e. The van der Waals surface area contributed by atoms with E-state index in [0.717, 1.165) is 23.2 Å². The lowest BCUT2D eigenvalue weighted by Crippen LogP contribution is -2.32. The van der Waals surface area contributed by atoms with Crippen LogP contribution in [0.5, 0.6) is 5.75 Å². The molecule has 0 saturated carbocycles. The minimum absolute atomic E-state index is 0.0218. The van der Waals surface area contributed by atoms with Crippen molar-refractivity contribution in [2.45, 2.75) is 25.5 Å². The molecular formula is C23H28N2O4. The van der Waals surface area contributed by atoms with Crippen molar-refractivity contribution in [3.63, 3.8) is 0 Å². The summed E-state index contributed by atoms with van der Waals surface area (Å²) < 4.78 is 17.0. The predicted molar refractivity (Wildman–Crippen MR) is 113 cm³/mol. The predicted octanol–water partition coefficient (Wildman–Crippen LogP) is 3.47. The van der Waals surface area contributed by atoms with E-state index in [4.69, 9.17) is 13.9 Å². The fourth-order valence-corrected chi connectivity index (χ4v) is 3.14. The van der Waals surface area contributed by atoms with E-state index in [1.165, 1.54) is 5.56 Å². The van der Waals surface area contributed by atoms with Crippen molar-refractivity contribution < 1.29 is 18.7 Å². The van der Waals surface area contributed by atoms with Crippen molar-refractivity contribution in [3.8, 4) is 5.75 Å². The number of amides is 1. The average Bonchev–Trinajstić information content (AvgIpc) is 3.17. The van der Waals surface area contributed by atoms with Gasteiger partial charge in [-0.1, -0.05) is 30.3 Å². The number of carbonyl (C=O) groups is 1. The van der Waals surface area contributed by atoms with E-state index in [1.54, 1.807) is 14.2 Å². The molecule has 1 aromatic heterocycles. The number of hydrogen-bond donors (Lipinski definition) is 2. The fraction of sp³-hybridized carbons (Fsp3) is 0.348. The van der Waals surface area contributed by atoms with Gasteiger partial charge in [-0.15, -0.1) is 0 Å². The van der Waals surface area contributed by atoms with Gasteiger partial charge in [0.15, 0.2) is 6.61 Å². The summed E-state index contributed by atoms with van der Waals surface area (Å²) in [4.78, 5) is 11.2. The molecule has 1 heterocycles. The van der Waals surface area contributed by atoms with Crippen LogP contribution in [0.1, 0.15) is 24.4 Å². The third-order valence-electron chi connectivity index (χ3n) is 4.81. The van der Waals surface area contributed by atoms with Crippen molar-refractivity contribution in [1.29, 1.82) is 0 Å². The van der Waals surface area contributed by atoms with Crippen LogP contribution in [0.15, 0.2) is 59.0 Å². The summed E-state index contributed by atoms with van der Waals surface area (Å²) in [6, 6.07) is 18.1. The van der Waals surface area contributed by atoms with E-state index >= 15 is 0 Å². The Balaban J connectivity index is 1.50. The van der Waals surface area contributed by atoms with Crippen LogP contribution in [0, 0.1) is 0 Å². The Morgan fingerprint density at radius 2 is 1.90 bits per heavy atom. The van der Waals surface area contributed by atoms with Gasteiger partial charge in [0.05, 0.1) is 0 Å². The van der Waals surface area contributed by atoms with E-state index in [1.807, 2.05) is 54.6 Å². The molecule has 6 heteroatoms. The second-order valence-electron chi connectivity index (χ2n) is 7.03. The molecule has 3 aromatic rings. The summed E-state index contributed by atoms with van der Waals surface area (Å²) in [5.74, 6) is 1.36. The third kappa shape index (κ3) is 5.82. The molecule has 0 aliphatic rings. The topological polar surface area (TPSA) is 72.7 Å². The van der Waals surface area contributed by atoms with Gasteiger partial charge < -0.3 is 24.5 Å². The second kappa shape index (κ2) is 10.1. The maximum absolute atomic E-state index is 11.2. The Kier molecular flexibility index (Phi) is 7.27. The van der Waals surface area contributed by atoms with Crippen molar-refractivity contribution in [1.82, 2.24) is 10.6 Å². The maximum atomic E-state index is 11.2. The molecule has 0 aliphatic carbocycles. The van der Waals surface area contributed by atoms with Gasteiger partial charge in [-0.3, -0.25) is 4.79 Å². The lowest BCUT2D eigenvalue weighted by atomic mass is 10.1. The molecule has 1 amide bonds. The minimum Gasteiger partial charge on any atom is -0.484 e. The first-order chi connectivity index (χ1) is 14.1. The molecule has 3 rings (SSSR count). The molecule has 6 nitrogen and oxygen atoms in total. The lowest BCUT2D eigenvalue weighted by molar-refractivity contribution is -0.122. The number of furan rings is 1. The molecule has 0 aliphatic heterocycles. The average molecular weight is 396 g/mol. The van der Waals surface area contributed by atoms with Gasteiger partial charge in [0.2, 0.25) is 0 Å². The van der Waals surface area contributed by atoms with Crippen molar-refractivity contribution in [3.05, 3.63) is 65.9 Å². The van der Waals surface area contributed by atoms with E-state index < -0.39 is 0 Å². The zero-order chi connectivity index (χ0) is 20.6. The van der Waals surface area contributed by atoms with Crippen LogP contribution < -0.4 is 15.4 Å². The number of ether oxygens (including phenoxy) is 2. The standard InChI is InChI=1S/C23H28N2O4/c1-16(12-17-8-10-19(11-9-17)28-15-23(26)24-2)25-14-22(27-3)21-13-18-6-4-5-7-20(18)29-21/h4-11,13,16,22,25H,12,14-15H2,1-3H3,(H,24,26). The van der Waals surface area contributed by atoms with Crippen molar-refractivity contribution >= 4 is 16.9 Å².